The monoisotopic (exact) mass is 254 g/mol. The molecule has 0 nitrogen and oxygen atoms in total. The van der Waals surface area contributed by atoms with Gasteiger partial charge in [0.25, 0.3) is 0 Å². The number of rotatable bonds is 3. The van der Waals surface area contributed by atoms with Crippen LogP contribution in [0.1, 0.15) is 75.0 Å². The van der Waals surface area contributed by atoms with Crippen LogP contribution in [0.15, 0.2) is 23.8 Å². The molecule has 0 spiro atoms. The van der Waals surface area contributed by atoms with E-state index in [1.807, 2.05) is 0 Å². The minimum Gasteiger partial charge on any atom is -0.0648 e. The molecule has 1 fully saturated rings. The molecule has 2 aliphatic rings. The molecule has 0 heteroatoms. The molecule has 0 heterocycles. The second-order valence-corrected chi connectivity index (χ2v) is 6.46. The Morgan fingerprint density at radius 1 is 1.16 bits per heavy atom. The van der Waals surface area contributed by atoms with Gasteiger partial charge in [-0.3, -0.25) is 0 Å². The van der Waals surface area contributed by atoms with Crippen LogP contribution in [0.3, 0.4) is 0 Å². The second-order valence-electron chi connectivity index (χ2n) is 6.46. The van der Waals surface area contributed by atoms with Gasteiger partial charge in [0.05, 0.1) is 0 Å². The van der Waals surface area contributed by atoms with Crippen LogP contribution >= 0.6 is 0 Å². The highest BCUT2D eigenvalue weighted by Crippen LogP contribution is 2.39. The van der Waals surface area contributed by atoms with Crippen molar-refractivity contribution in [2.24, 2.45) is 5.92 Å². The van der Waals surface area contributed by atoms with Crippen LogP contribution in [-0.2, 0) is 6.42 Å². The first-order valence-corrected chi connectivity index (χ1v) is 8.12. The van der Waals surface area contributed by atoms with Crippen LogP contribution in [0, 0.1) is 5.92 Å². The van der Waals surface area contributed by atoms with E-state index in [1.165, 1.54) is 44.9 Å². The normalized spacial score (nSPS) is 21.1. The molecular formula is C19H26. The van der Waals surface area contributed by atoms with Crippen LogP contribution in [0.2, 0.25) is 0 Å². The molecule has 19 heavy (non-hydrogen) atoms. The van der Waals surface area contributed by atoms with Gasteiger partial charge in [0.15, 0.2) is 0 Å². The second kappa shape index (κ2) is 5.53. The third-order valence-corrected chi connectivity index (χ3v) is 5.23. The zero-order valence-electron chi connectivity index (χ0n) is 12.4. The molecule has 2 aliphatic carbocycles. The van der Waals surface area contributed by atoms with Crippen LogP contribution in [-0.4, -0.2) is 0 Å². The van der Waals surface area contributed by atoms with Gasteiger partial charge in [0, 0.05) is 0 Å². The fourth-order valence-corrected chi connectivity index (χ4v) is 3.80. The van der Waals surface area contributed by atoms with Crippen molar-refractivity contribution in [1.82, 2.24) is 0 Å². The average molecular weight is 254 g/mol. The summed E-state index contributed by atoms with van der Waals surface area (Å²) in [6.07, 6.45) is 12.2. The van der Waals surface area contributed by atoms with Crippen molar-refractivity contribution in [2.45, 2.75) is 64.7 Å². The predicted molar refractivity (Wildman–Crippen MR) is 83.4 cm³/mol. The van der Waals surface area contributed by atoms with E-state index in [0.717, 1.165) is 5.92 Å². The maximum atomic E-state index is 2.55. The molecule has 0 N–H and O–H groups in total. The van der Waals surface area contributed by atoms with E-state index >= 15 is 0 Å². The highest BCUT2D eigenvalue weighted by Gasteiger charge is 2.24. The number of allylic oxidation sites excluding steroid dienone is 1. The van der Waals surface area contributed by atoms with E-state index in [0.29, 0.717) is 5.92 Å². The van der Waals surface area contributed by atoms with Gasteiger partial charge in [-0.1, -0.05) is 63.0 Å². The summed E-state index contributed by atoms with van der Waals surface area (Å²) in [5.41, 5.74) is 6.45. The van der Waals surface area contributed by atoms with Gasteiger partial charge < -0.3 is 0 Å². The van der Waals surface area contributed by atoms with Crippen molar-refractivity contribution in [1.29, 1.82) is 0 Å². The summed E-state index contributed by atoms with van der Waals surface area (Å²) >= 11 is 0. The van der Waals surface area contributed by atoms with Crippen molar-refractivity contribution in [2.75, 3.05) is 0 Å². The lowest BCUT2D eigenvalue weighted by molar-refractivity contribution is 0.401. The van der Waals surface area contributed by atoms with E-state index in [4.69, 9.17) is 0 Å². The summed E-state index contributed by atoms with van der Waals surface area (Å²) in [6.45, 7) is 4.66. The Kier molecular flexibility index (Phi) is 3.77. The zero-order chi connectivity index (χ0) is 13.2. The maximum absolute atomic E-state index is 2.55. The third kappa shape index (κ3) is 2.50. The molecule has 3 rings (SSSR count). The first-order chi connectivity index (χ1) is 9.29. The lowest BCUT2D eigenvalue weighted by Crippen LogP contribution is -2.08. The van der Waals surface area contributed by atoms with Crippen LogP contribution in [0.4, 0.5) is 0 Å². The molecule has 1 atom stereocenters. The highest BCUT2D eigenvalue weighted by molar-refractivity contribution is 5.67. The average Bonchev–Trinajstić information content (AvgIpc) is 2.91. The molecule has 1 saturated carbocycles. The summed E-state index contributed by atoms with van der Waals surface area (Å²) in [5, 5.41) is 0. The maximum Gasteiger partial charge on any atom is -0.00549 e. The van der Waals surface area contributed by atoms with Crippen molar-refractivity contribution in [3.8, 4) is 0 Å². The summed E-state index contributed by atoms with van der Waals surface area (Å²) < 4.78 is 0. The molecule has 0 saturated heterocycles. The molecule has 1 unspecified atom stereocenters. The summed E-state index contributed by atoms with van der Waals surface area (Å²) in [7, 11) is 0. The van der Waals surface area contributed by atoms with Gasteiger partial charge in [0.2, 0.25) is 0 Å². The summed E-state index contributed by atoms with van der Waals surface area (Å²) in [6, 6.07) is 6.94. The smallest absolute Gasteiger partial charge is 0.00549 e. The molecule has 1 aromatic carbocycles. The van der Waals surface area contributed by atoms with Gasteiger partial charge in [-0.2, -0.15) is 0 Å². The first-order valence-electron chi connectivity index (χ1n) is 8.12. The highest BCUT2D eigenvalue weighted by atomic mass is 14.3. The third-order valence-electron chi connectivity index (χ3n) is 5.23. The predicted octanol–water partition coefficient (Wildman–Crippen LogP) is 5.72. The minimum absolute atomic E-state index is 0.692. The quantitative estimate of drug-likeness (QED) is 0.647. The standard InChI is InChI=1S/C19H26/c1-3-14(2)18-11-7-10-16-12-17(13-19(16)18)15-8-5-4-6-9-15/h7,10-11,13-15H,3-6,8-9,12H2,1-2H3. The molecular weight excluding hydrogens is 228 g/mol. The van der Waals surface area contributed by atoms with E-state index < -0.39 is 0 Å². The van der Waals surface area contributed by atoms with Gasteiger partial charge in [-0.15, -0.1) is 0 Å². The SMILES string of the molecule is CCC(C)c1cccc2c1C=C(C1CCCCC1)C2. The fourth-order valence-electron chi connectivity index (χ4n) is 3.80. The molecule has 102 valence electrons. The van der Waals surface area contributed by atoms with Gasteiger partial charge >= 0.3 is 0 Å². The lowest BCUT2D eigenvalue weighted by atomic mass is 9.83. The van der Waals surface area contributed by atoms with Crippen LogP contribution in [0.25, 0.3) is 6.08 Å². The van der Waals surface area contributed by atoms with Crippen molar-refractivity contribution < 1.29 is 0 Å². The Labute approximate surface area is 117 Å². The molecule has 0 radical (unpaired) electrons. The van der Waals surface area contributed by atoms with E-state index in [1.54, 1.807) is 22.3 Å². The largest absolute Gasteiger partial charge is 0.0648 e. The van der Waals surface area contributed by atoms with E-state index in [-0.39, 0.29) is 0 Å². The Hall–Kier alpha value is -1.04. The zero-order valence-corrected chi connectivity index (χ0v) is 12.4. The molecule has 0 amide bonds. The lowest BCUT2D eigenvalue weighted by Gasteiger charge is -2.22. The summed E-state index contributed by atoms with van der Waals surface area (Å²) in [5.74, 6) is 1.57. The van der Waals surface area contributed by atoms with Crippen molar-refractivity contribution >= 4 is 6.08 Å². The minimum atomic E-state index is 0.692. The number of fused-ring (bicyclic) bond motifs is 1. The van der Waals surface area contributed by atoms with Crippen molar-refractivity contribution in [3.05, 3.63) is 40.5 Å². The van der Waals surface area contributed by atoms with E-state index in [2.05, 4.69) is 38.1 Å². The number of hydrogen-bond donors (Lipinski definition) is 0. The molecule has 1 aromatic rings. The fraction of sp³-hybridized carbons (Fsp3) is 0.579. The molecule has 0 aliphatic heterocycles. The number of benzene rings is 1. The summed E-state index contributed by atoms with van der Waals surface area (Å²) in [4.78, 5) is 0. The Morgan fingerprint density at radius 3 is 2.68 bits per heavy atom. The Balaban J connectivity index is 1.88. The van der Waals surface area contributed by atoms with Crippen molar-refractivity contribution in [3.63, 3.8) is 0 Å². The van der Waals surface area contributed by atoms with E-state index in [9.17, 15) is 0 Å². The number of hydrogen-bond acceptors (Lipinski definition) is 0. The van der Waals surface area contributed by atoms with Gasteiger partial charge in [0.1, 0.15) is 0 Å². The Bertz CT molecular complexity index is 475. The van der Waals surface area contributed by atoms with Crippen LogP contribution < -0.4 is 0 Å². The first kappa shape index (κ1) is 13.0. The Morgan fingerprint density at radius 2 is 1.95 bits per heavy atom. The topological polar surface area (TPSA) is 0 Å². The molecule has 0 bridgehead atoms. The van der Waals surface area contributed by atoms with Crippen LogP contribution in [0.5, 0.6) is 0 Å². The molecule has 0 aromatic heterocycles. The van der Waals surface area contributed by atoms with Gasteiger partial charge in [-0.05, 0) is 54.2 Å². The van der Waals surface area contributed by atoms with Gasteiger partial charge in [-0.25, -0.2) is 0 Å².